The topological polar surface area (TPSA) is 91.0 Å². The summed E-state index contributed by atoms with van der Waals surface area (Å²) in [6.45, 7) is 3.56. The predicted molar refractivity (Wildman–Crippen MR) is 149 cm³/mol. The van der Waals surface area contributed by atoms with Gasteiger partial charge in [-0.25, -0.2) is 0 Å². The zero-order valence-corrected chi connectivity index (χ0v) is 23.2. The molecule has 2 bridgehead atoms. The molecule has 1 spiro atoms. The van der Waals surface area contributed by atoms with Crippen molar-refractivity contribution in [1.82, 2.24) is 15.1 Å². The van der Waals surface area contributed by atoms with Crippen LogP contribution < -0.4 is 10.6 Å². The van der Waals surface area contributed by atoms with Crippen LogP contribution in [0.5, 0.6) is 0 Å². The van der Waals surface area contributed by atoms with Crippen molar-refractivity contribution in [3.63, 3.8) is 0 Å². The second kappa shape index (κ2) is 11.2. The van der Waals surface area contributed by atoms with Crippen LogP contribution in [0.2, 0.25) is 5.02 Å². The maximum Gasteiger partial charge on any atom is 0.246 e. The number of likely N-dealkylation sites (tertiary alicyclic amines) is 2. The molecule has 3 saturated heterocycles. The summed E-state index contributed by atoms with van der Waals surface area (Å²) in [5.41, 5.74) is -0.506. The first-order chi connectivity index (χ1) is 19.0. The molecule has 1 aromatic carbocycles. The van der Waals surface area contributed by atoms with Gasteiger partial charge in [0.15, 0.2) is 0 Å². The average molecular weight is 555 g/mol. The molecule has 1 aromatic rings. The highest BCUT2D eigenvalue weighted by atomic mass is 35.5. The molecule has 4 aliphatic heterocycles. The van der Waals surface area contributed by atoms with Crippen LogP contribution in [0.3, 0.4) is 0 Å². The number of anilines is 1. The van der Waals surface area contributed by atoms with Crippen LogP contribution in [0, 0.1) is 11.8 Å². The lowest BCUT2D eigenvalue weighted by atomic mass is 9.74. The Bertz CT molecular complexity index is 1110. The van der Waals surface area contributed by atoms with Crippen LogP contribution in [-0.4, -0.2) is 77.5 Å². The number of hydrogen-bond acceptors (Lipinski definition) is 5. The first kappa shape index (κ1) is 26.8. The van der Waals surface area contributed by atoms with E-state index in [-0.39, 0.29) is 23.8 Å². The van der Waals surface area contributed by atoms with Crippen LogP contribution in [0.1, 0.15) is 57.8 Å². The lowest BCUT2D eigenvalue weighted by molar-refractivity contribution is -0.141. The molecule has 3 amide bonds. The van der Waals surface area contributed by atoms with Crippen molar-refractivity contribution >= 4 is 35.0 Å². The van der Waals surface area contributed by atoms with Crippen LogP contribution >= 0.6 is 11.6 Å². The second-order valence-corrected chi connectivity index (χ2v) is 12.3. The van der Waals surface area contributed by atoms with Gasteiger partial charge in [-0.3, -0.25) is 14.4 Å². The number of amides is 3. The van der Waals surface area contributed by atoms with Crippen molar-refractivity contribution in [3.05, 3.63) is 41.4 Å². The fraction of sp³-hybridized carbons (Fsp3) is 0.633. The zero-order chi connectivity index (χ0) is 27.0. The van der Waals surface area contributed by atoms with Gasteiger partial charge in [0.05, 0.1) is 17.9 Å². The van der Waals surface area contributed by atoms with Gasteiger partial charge in [-0.05, 0) is 76.0 Å². The van der Waals surface area contributed by atoms with E-state index in [0.717, 1.165) is 51.7 Å². The molecule has 3 unspecified atom stereocenters. The number of carbonyl (C=O) groups excluding carboxylic acids is 3. The van der Waals surface area contributed by atoms with Gasteiger partial charge < -0.3 is 25.2 Å². The molecule has 5 atom stereocenters. The second-order valence-electron chi connectivity index (χ2n) is 11.8. The summed E-state index contributed by atoms with van der Waals surface area (Å²) in [7, 11) is 0. The van der Waals surface area contributed by atoms with E-state index in [4.69, 9.17) is 16.3 Å². The molecule has 0 radical (unpaired) electrons. The quantitative estimate of drug-likeness (QED) is 0.478. The molecule has 2 N–H and O–H groups in total. The standard InChI is InChI=1S/C30H39ClN4O4/c31-20-10-12-22(13-11-20)32-27(36)24-23-14-15-30(39-23)25(24)29(38)35(19-7-18-34-16-5-2-6-17-34)26(30)28(37)33-21-8-3-1-4-9-21/h10-15,21,23-26H,1-9,16-19H2,(H,32,36)(H,33,37)/t23-,24?,25-,26?,30?/m0/s1. The van der Waals surface area contributed by atoms with E-state index in [1.807, 2.05) is 12.2 Å². The minimum absolute atomic E-state index is 0.124. The summed E-state index contributed by atoms with van der Waals surface area (Å²) < 4.78 is 6.47. The summed E-state index contributed by atoms with van der Waals surface area (Å²) in [4.78, 5) is 45.7. The number of halogens is 1. The Balaban J connectivity index is 1.23. The van der Waals surface area contributed by atoms with Crippen molar-refractivity contribution in [2.75, 3.05) is 31.5 Å². The van der Waals surface area contributed by atoms with Gasteiger partial charge in [0.25, 0.3) is 0 Å². The number of fused-ring (bicyclic) bond motifs is 1. The summed E-state index contributed by atoms with van der Waals surface area (Å²) in [5.74, 6) is -2.00. The number of ether oxygens (including phenoxy) is 1. The Morgan fingerprint density at radius 2 is 1.69 bits per heavy atom. The van der Waals surface area contributed by atoms with Crippen molar-refractivity contribution in [2.24, 2.45) is 11.8 Å². The minimum Gasteiger partial charge on any atom is -0.359 e. The van der Waals surface area contributed by atoms with Crippen molar-refractivity contribution in [2.45, 2.75) is 81.6 Å². The van der Waals surface area contributed by atoms with Crippen molar-refractivity contribution in [3.8, 4) is 0 Å². The van der Waals surface area contributed by atoms with Crippen molar-refractivity contribution < 1.29 is 19.1 Å². The molecule has 4 heterocycles. The lowest BCUT2D eigenvalue weighted by Crippen LogP contribution is -2.56. The van der Waals surface area contributed by atoms with E-state index in [1.165, 1.54) is 25.7 Å². The number of nitrogens with zero attached hydrogens (tertiary/aromatic N) is 2. The van der Waals surface area contributed by atoms with E-state index >= 15 is 0 Å². The molecule has 9 heteroatoms. The number of carbonyl (C=O) groups is 3. The predicted octanol–water partition coefficient (Wildman–Crippen LogP) is 3.75. The zero-order valence-electron chi connectivity index (χ0n) is 22.4. The van der Waals surface area contributed by atoms with Crippen LogP contribution in [0.15, 0.2) is 36.4 Å². The highest BCUT2D eigenvalue weighted by Gasteiger charge is 2.72. The van der Waals surface area contributed by atoms with E-state index in [1.54, 1.807) is 29.2 Å². The minimum atomic E-state index is -1.12. The third kappa shape index (κ3) is 5.11. The molecule has 210 valence electrons. The van der Waals surface area contributed by atoms with E-state index in [9.17, 15) is 14.4 Å². The SMILES string of the molecule is O=C(Nc1ccc(Cl)cc1)C1[C@@H]2C=CC3(O2)C(C(=O)NC2CCCCC2)N(CCCN2CCCCC2)C(=O)[C@H]13. The van der Waals surface area contributed by atoms with Gasteiger partial charge in [-0.1, -0.05) is 49.4 Å². The number of nitrogens with one attached hydrogen (secondary N) is 2. The largest absolute Gasteiger partial charge is 0.359 e. The Labute approximate surface area is 235 Å². The Morgan fingerprint density at radius 1 is 0.974 bits per heavy atom. The van der Waals surface area contributed by atoms with Crippen LogP contribution in [0.4, 0.5) is 5.69 Å². The monoisotopic (exact) mass is 554 g/mol. The summed E-state index contributed by atoms with van der Waals surface area (Å²) >= 11 is 6.01. The molecular formula is C30H39ClN4O4. The number of hydrogen-bond donors (Lipinski definition) is 2. The van der Waals surface area contributed by atoms with Gasteiger partial charge >= 0.3 is 0 Å². The third-order valence-electron chi connectivity index (χ3n) is 9.31. The molecule has 1 saturated carbocycles. The van der Waals surface area contributed by atoms with Gasteiger partial charge in [0.2, 0.25) is 17.7 Å². The molecular weight excluding hydrogens is 516 g/mol. The molecule has 39 heavy (non-hydrogen) atoms. The highest BCUT2D eigenvalue weighted by molar-refractivity contribution is 6.30. The fourth-order valence-corrected chi connectivity index (χ4v) is 7.57. The number of rotatable bonds is 8. The first-order valence-electron chi connectivity index (χ1n) is 14.7. The van der Waals surface area contributed by atoms with Gasteiger partial charge in [-0.2, -0.15) is 0 Å². The molecule has 0 aromatic heterocycles. The van der Waals surface area contributed by atoms with Crippen LogP contribution in [0.25, 0.3) is 0 Å². The van der Waals surface area contributed by atoms with E-state index in [0.29, 0.717) is 17.3 Å². The summed E-state index contributed by atoms with van der Waals surface area (Å²) in [5, 5.41) is 6.79. The van der Waals surface area contributed by atoms with Gasteiger partial charge in [-0.15, -0.1) is 0 Å². The summed E-state index contributed by atoms with van der Waals surface area (Å²) in [6, 6.07) is 6.26. The molecule has 8 nitrogen and oxygen atoms in total. The van der Waals surface area contributed by atoms with E-state index in [2.05, 4.69) is 15.5 Å². The maximum absolute atomic E-state index is 14.1. The van der Waals surface area contributed by atoms with Gasteiger partial charge in [0.1, 0.15) is 11.6 Å². The number of piperidine rings is 1. The Kier molecular flexibility index (Phi) is 7.71. The molecule has 6 rings (SSSR count). The maximum atomic E-state index is 14.1. The first-order valence-corrected chi connectivity index (χ1v) is 15.1. The molecule has 4 fully saturated rings. The van der Waals surface area contributed by atoms with Crippen LogP contribution in [-0.2, 0) is 19.1 Å². The lowest BCUT2D eigenvalue weighted by Gasteiger charge is -2.34. The van der Waals surface area contributed by atoms with Crippen molar-refractivity contribution in [1.29, 1.82) is 0 Å². The Hall–Kier alpha value is -2.42. The molecule has 1 aliphatic carbocycles. The molecule has 5 aliphatic rings. The highest BCUT2D eigenvalue weighted by Crippen LogP contribution is 2.55. The third-order valence-corrected chi connectivity index (χ3v) is 9.56. The summed E-state index contributed by atoms with van der Waals surface area (Å²) in [6.07, 6.45) is 13.0. The normalized spacial score (nSPS) is 32.4. The van der Waals surface area contributed by atoms with E-state index < -0.39 is 29.6 Å². The fourth-order valence-electron chi connectivity index (χ4n) is 7.44. The Morgan fingerprint density at radius 3 is 2.44 bits per heavy atom. The van der Waals surface area contributed by atoms with Gasteiger partial charge in [0, 0.05) is 23.3 Å². The smallest absolute Gasteiger partial charge is 0.246 e. The number of benzene rings is 1. The average Bonchev–Trinajstić information content (AvgIpc) is 3.58.